The molecule has 2 aromatic heterocycles. The Bertz CT molecular complexity index is 3590. The van der Waals surface area contributed by atoms with Gasteiger partial charge in [0.1, 0.15) is 11.2 Å². The first-order valence-corrected chi connectivity index (χ1v) is 26.1. The van der Waals surface area contributed by atoms with E-state index < -0.39 is 0 Å². The lowest BCUT2D eigenvalue weighted by Gasteiger charge is -2.57. The number of aromatic nitrogens is 1. The topological polar surface area (TPSA) is 21.3 Å². The summed E-state index contributed by atoms with van der Waals surface area (Å²) in [6.07, 6.45) is 17.1. The molecule has 4 heterocycles. The zero-order valence-electron chi connectivity index (χ0n) is 38.5. The van der Waals surface area contributed by atoms with Crippen LogP contribution in [-0.4, -0.2) is 11.4 Å². The lowest BCUT2D eigenvalue weighted by atomic mass is 9.42. The third-order valence-electron chi connectivity index (χ3n) is 20.1. The molecule has 0 N–H and O–H groups in total. The van der Waals surface area contributed by atoms with E-state index in [1.54, 1.807) is 11.1 Å². The number of furan rings is 1. The van der Waals surface area contributed by atoms with Gasteiger partial charge in [-0.05, 0) is 223 Å². The van der Waals surface area contributed by atoms with Crippen LogP contribution in [0.2, 0.25) is 0 Å². The van der Waals surface area contributed by atoms with Gasteiger partial charge in [-0.3, -0.25) is 0 Å². The summed E-state index contributed by atoms with van der Waals surface area (Å²) in [5.74, 6) is 5.48. The zero-order valence-corrected chi connectivity index (χ0v) is 38.5. The molecule has 67 heavy (non-hydrogen) atoms. The van der Waals surface area contributed by atoms with E-state index in [1.165, 1.54) is 165 Å². The number of para-hydroxylation sites is 1. The van der Waals surface area contributed by atoms with Crippen molar-refractivity contribution in [3.05, 3.63) is 150 Å². The van der Waals surface area contributed by atoms with E-state index in [-0.39, 0.29) is 12.3 Å². The minimum atomic E-state index is -0.0158. The predicted molar refractivity (Wildman–Crippen MR) is 277 cm³/mol. The number of hydrogen-bond acceptors (Lipinski definition) is 2. The van der Waals surface area contributed by atoms with Gasteiger partial charge in [0.2, 0.25) is 0 Å². The highest BCUT2D eigenvalue weighted by Gasteiger charge is 2.54. The minimum absolute atomic E-state index is 0.0158. The molecule has 0 saturated heterocycles. The van der Waals surface area contributed by atoms with Crippen LogP contribution < -0.4 is 15.7 Å². The van der Waals surface area contributed by atoms with Gasteiger partial charge in [-0.25, -0.2) is 0 Å². The maximum atomic E-state index is 6.78. The first kappa shape index (κ1) is 37.0. The Morgan fingerprint density at radius 1 is 0.537 bits per heavy atom. The first-order valence-electron chi connectivity index (χ1n) is 26.1. The van der Waals surface area contributed by atoms with Crippen LogP contribution in [0.5, 0.6) is 0 Å². The van der Waals surface area contributed by atoms with Gasteiger partial charge in [0.15, 0.2) is 0 Å². The fraction of sp³-hybridized carbons (Fsp3) is 0.333. The number of rotatable bonds is 4. The first-order chi connectivity index (χ1) is 32.9. The summed E-state index contributed by atoms with van der Waals surface area (Å²) < 4.78 is 9.53. The van der Waals surface area contributed by atoms with Gasteiger partial charge in [0.25, 0.3) is 0 Å². The van der Waals surface area contributed by atoms with Gasteiger partial charge in [0.05, 0.1) is 11.0 Å². The van der Waals surface area contributed by atoms with Gasteiger partial charge in [-0.15, -0.1) is 0 Å². The molecule has 3 nitrogen and oxygen atoms in total. The molecule has 326 valence electrons. The monoisotopic (exact) mass is 866 g/mol. The standard InChI is InChI=1S/C63H55BN2O/c1-36-19-52-50-29-51-48-9-5-6-10-58(48)67-59(51)30-56(50)66(47-14-11-42(12-15-47)41-7-3-2-4-8-41)64-54-28-46(63-32-37-21-38(33-63)23-39(22-37)34-63)27-53-49-26-45(62-18-17-43-24-40(31-62)25-44(43)35-62)13-16-55(49)65(61(53)54)57(20-36)60(52)64/h2-16,19-20,26-30,37-40,43-44H,17-18,21-25,31-35H2,1H3. The molecular formula is C63H55BN2O. The van der Waals surface area contributed by atoms with Crippen molar-refractivity contribution in [1.29, 1.82) is 0 Å². The number of benzene rings is 7. The fourth-order valence-corrected chi connectivity index (χ4v) is 18.0. The number of aryl methyl sites for hydroxylation is 1. The van der Waals surface area contributed by atoms with Crippen LogP contribution in [0.4, 0.5) is 11.4 Å². The summed E-state index contributed by atoms with van der Waals surface area (Å²) in [6, 6.07) is 52.4. The van der Waals surface area contributed by atoms with Crippen LogP contribution in [0.1, 0.15) is 93.7 Å². The van der Waals surface area contributed by atoms with Crippen LogP contribution in [0.3, 0.4) is 0 Å². The molecule has 18 rings (SSSR count). The van der Waals surface area contributed by atoms with Crippen molar-refractivity contribution in [2.75, 3.05) is 4.81 Å². The average molecular weight is 867 g/mol. The quantitative estimate of drug-likeness (QED) is 0.164. The third-order valence-corrected chi connectivity index (χ3v) is 20.1. The van der Waals surface area contributed by atoms with Crippen LogP contribution >= 0.6 is 0 Å². The average Bonchev–Trinajstić information content (AvgIpc) is 3.95. The molecule has 0 amide bonds. The van der Waals surface area contributed by atoms with E-state index in [1.807, 2.05) is 0 Å². The molecule has 7 aromatic carbocycles. The highest BCUT2D eigenvalue weighted by atomic mass is 16.3. The second-order valence-corrected chi connectivity index (χ2v) is 23.7. The number of anilines is 2. The Hall–Kier alpha value is -6.00. The molecule has 2 aliphatic heterocycles. The summed E-state index contributed by atoms with van der Waals surface area (Å²) in [6.45, 7) is 2.31. The Kier molecular flexibility index (Phi) is 7.05. The summed E-state index contributed by atoms with van der Waals surface area (Å²) in [5.41, 5.74) is 21.8. The molecule has 7 aliphatic carbocycles. The van der Waals surface area contributed by atoms with Gasteiger partial charge in [-0.1, -0.05) is 78.9 Å². The molecule has 7 fully saturated rings. The summed E-state index contributed by atoms with van der Waals surface area (Å²) in [7, 11) is 0. The number of fused-ring (bicyclic) bond motifs is 12. The van der Waals surface area contributed by atoms with E-state index in [9.17, 15) is 0 Å². The summed E-state index contributed by atoms with van der Waals surface area (Å²) in [4.78, 5) is 2.73. The maximum absolute atomic E-state index is 6.78. The lowest BCUT2D eigenvalue weighted by molar-refractivity contribution is -0.00509. The molecule has 0 radical (unpaired) electrons. The number of nitrogens with zero attached hydrogens (tertiary/aromatic N) is 2. The molecule has 7 bridgehead atoms. The Morgan fingerprint density at radius 3 is 2.10 bits per heavy atom. The van der Waals surface area contributed by atoms with Crippen molar-refractivity contribution < 1.29 is 4.42 Å². The summed E-state index contributed by atoms with van der Waals surface area (Å²) >= 11 is 0. The van der Waals surface area contributed by atoms with Crippen molar-refractivity contribution in [1.82, 2.24) is 4.57 Å². The Balaban J connectivity index is 0.970. The molecule has 7 saturated carbocycles. The van der Waals surface area contributed by atoms with E-state index in [2.05, 4.69) is 150 Å². The van der Waals surface area contributed by atoms with Crippen LogP contribution in [0.25, 0.3) is 71.7 Å². The van der Waals surface area contributed by atoms with Crippen molar-refractivity contribution in [2.45, 2.75) is 94.8 Å². The van der Waals surface area contributed by atoms with E-state index in [4.69, 9.17) is 4.42 Å². The maximum Gasteiger partial charge on any atom is 0.333 e. The largest absolute Gasteiger partial charge is 0.456 e. The van der Waals surface area contributed by atoms with Gasteiger partial charge < -0.3 is 13.8 Å². The van der Waals surface area contributed by atoms with Gasteiger partial charge in [0, 0.05) is 50.2 Å². The third kappa shape index (κ3) is 4.90. The van der Waals surface area contributed by atoms with E-state index in [0.717, 1.165) is 46.7 Å². The zero-order chi connectivity index (χ0) is 43.5. The molecule has 4 heteroatoms. The SMILES string of the molecule is Cc1cc2c3c(c1)-n1c4ccc(C56CCC7CC(CC7C5)C6)cc4c4cc(C56CC7CC(CC(C7)C5)C6)cc(c41)B3N(c1ccc(-c3ccccc3)cc1)c1cc3oc4ccccc4c3cc1-2. The smallest absolute Gasteiger partial charge is 0.333 e. The van der Waals surface area contributed by atoms with Crippen LogP contribution in [-0.2, 0) is 10.8 Å². The molecule has 4 unspecified atom stereocenters. The highest BCUT2D eigenvalue weighted by Crippen LogP contribution is 2.63. The van der Waals surface area contributed by atoms with Crippen molar-refractivity contribution >= 4 is 72.9 Å². The van der Waals surface area contributed by atoms with Crippen molar-refractivity contribution in [2.24, 2.45) is 35.5 Å². The second-order valence-electron chi connectivity index (χ2n) is 23.7. The van der Waals surface area contributed by atoms with Gasteiger partial charge >= 0.3 is 6.85 Å². The van der Waals surface area contributed by atoms with Crippen molar-refractivity contribution in [3.8, 4) is 27.9 Å². The van der Waals surface area contributed by atoms with E-state index >= 15 is 0 Å². The molecule has 0 spiro atoms. The van der Waals surface area contributed by atoms with E-state index in [0.29, 0.717) is 5.41 Å². The lowest BCUT2D eigenvalue weighted by Crippen LogP contribution is -2.61. The normalized spacial score (nSPS) is 29.2. The highest BCUT2D eigenvalue weighted by molar-refractivity contribution is 6.93. The van der Waals surface area contributed by atoms with Crippen LogP contribution in [0, 0.1) is 42.4 Å². The molecule has 9 aromatic rings. The minimum Gasteiger partial charge on any atom is -0.456 e. The summed E-state index contributed by atoms with van der Waals surface area (Å²) in [5, 5.41) is 5.36. The number of hydrogen-bond donors (Lipinski definition) is 0. The molecular weight excluding hydrogens is 812 g/mol. The predicted octanol–water partition coefficient (Wildman–Crippen LogP) is 14.8. The van der Waals surface area contributed by atoms with Crippen LogP contribution in [0.15, 0.2) is 138 Å². The Labute approximate surface area is 393 Å². The van der Waals surface area contributed by atoms with Crippen molar-refractivity contribution in [3.63, 3.8) is 0 Å². The molecule has 4 atom stereocenters. The molecule has 9 aliphatic rings. The fourth-order valence-electron chi connectivity index (χ4n) is 18.0. The Morgan fingerprint density at radius 2 is 1.27 bits per heavy atom. The second kappa shape index (κ2) is 12.8. The van der Waals surface area contributed by atoms with Gasteiger partial charge in [-0.2, -0.15) is 0 Å².